The molecule has 3 aromatic carbocycles. The van der Waals surface area contributed by atoms with Crippen molar-refractivity contribution in [3.05, 3.63) is 84.4 Å². The van der Waals surface area contributed by atoms with E-state index in [0.29, 0.717) is 0 Å². The maximum Gasteiger partial charge on any atom is 0.0194 e. The van der Waals surface area contributed by atoms with E-state index >= 15 is 0 Å². The van der Waals surface area contributed by atoms with E-state index in [4.69, 9.17) is 0 Å². The van der Waals surface area contributed by atoms with Gasteiger partial charge in [0, 0.05) is 5.16 Å². The van der Waals surface area contributed by atoms with Crippen molar-refractivity contribution in [1.82, 2.24) is 0 Å². The largest absolute Gasteiger partial charge is 0.125 e. The number of rotatable bonds is 3. The number of hydrogen-bond acceptors (Lipinski definition) is 0. The minimum absolute atomic E-state index is 0.0568. The van der Waals surface area contributed by atoms with Crippen LogP contribution in [0.5, 0.6) is 0 Å². The topological polar surface area (TPSA) is 0 Å². The third-order valence-electron chi connectivity index (χ3n) is 6.01. The summed E-state index contributed by atoms with van der Waals surface area (Å²) in [6.45, 7) is 14.1. The molecule has 0 aromatic heterocycles. The molecule has 0 aliphatic carbocycles. The Morgan fingerprint density at radius 1 is 0.536 bits per heavy atom. The Labute approximate surface area is 173 Å². The van der Waals surface area contributed by atoms with Crippen molar-refractivity contribution in [2.45, 2.75) is 46.7 Å². The van der Waals surface area contributed by atoms with Gasteiger partial charge in [-0.1, -0.05) is 114 Å². The van der Waals surface area contributed by atoms with Crippen LogP contribution in [0.4, 0.5) is 0 Å². The lowest BCUT2D eigenvalue weighted by Crippen LogP contribution is -2.45. The first-order valence-electron chi connectivity index (χ1n) is 10.1. The first-order chi connectivity index (χ1) is 13.1. The molecule has 0 amide bonds. The van der Waals surface area contributed by atoms with E-state index in [1.165, 1.54) is 27.8 Å². The maximum absolute atomic E-state index is 3.23. The van der Waals surface area contributed by atoms with Crippen molar-refractivity contribution in [3.8, 4) is 22.3 Å². The highest BCUT2D eigenvalue weighted by Gasteiger charge is 2.48. The zero-order valence-electron chi connectivity index (χ0n) is 18.1. The fraction of sp³-hybridized carbons (Fsp3) is 0.333. The summed E-state index contributed by atoms with van der Waals surface area (Å²) in [4.78, 5) is 0. The molecule has 0 bridgehead atoms. The zero-order valence-corrected chi connectivity index (χ0v) is 19.2. The molecule has 0 saturated heterocycles. The Balaban J connectivity index is 2.30. The van der Waals surface area contributed by atoms with Gasteiger partial charge >= 0.3 is 0 Å². The third kappa shape index (κ3) is 3.68. The summed E-state index contributed by atoms with van der Waals surface area (Å²) in [7, 11) is 3.23. The molecule has 0 aliphatic heterocycles. The molecule has 3 rings (SSSR count). The van der Waals surface area contributed by atoms with Crippen LogP contribution < -0.4 is 0 Å². The van der Waals surface area contributed by atoms with Crippen LogP contribution in [-0.4, -0.2) is 0 Å². The van der Waals surface area contributed by atoms with E-state index in [0.717, 1.165) is 0 Å². The fourth-order valence-electron chi connectivity index (χ4n) is 4.51. The van der Waals surface area contributed by atoms with Crippen LogP contribution >= 0.6 is 9.24 Å². The van der Waals surface area contributed by atoms with E-state index in [1.807, 2.05) is 0 Å². The van der Waals surface area contributed by atoms with Crippen LogP contribution in [0.15, 0.2) is 78.9 Å². The van der Waals surface area contributed by atoms with Gasteiger partial charge in [-0.25, -0.2) is 0 Å². The zero-order chi connectivity index (χ0) is 20.6. The summed E-state index contributed by atoms with van der Waals surface area (Å²) >= 11 is 0. The molecule has 28 heavy (non-hydrogen) atoms. The molecular formula is C27H33P. The van der Waals surface area contributed by atoms with Crippen LogP contribution in [0.25, 0.3) is 22.3 Å². The summed E-state index contributed by atoms with van der Waals surface area (Å²) in [6.07, 6.45) is 0. The molecule has 1 unspecified atom stereocenters. The molecule has 0 saturated carbocycles. The third-order valence-corrected chi connectivity index (χ3v) is 8.08. The van der Waals surface area contributed by atoms with Crippen LogP contribution in [-0.2, 0) is 5.16 Å². The Morgan fingerprint density at radius 3 is 1.39 bits per heavy atom. The van der Waals surface area contributed by atoms with E-state index < -0.39 is 0 Å². The molecule has 0 heterocycles. The average Bonchev–Trinajstić information content (AvgIpc) is 2.66. The highest BCUT2D eigenvalue weighted by Crippen LogP contribution is 2.58. The van der Waals surface area contributed by atoms with Crippen molar-refractivity contribution in [2.75, 3.05) is 0 Å². The minimum atomic E-state index is -0.0568. The van der Waals surface area contributed by atoms with Gasteiger partial charge in [-0.3, -0.25) is 0 Å². The summed E-state index contributed by atoms with van der Waals surface area (Å²) in [5.74, 6) is 0. The van der Waals surface area contributed by atoms with Crippen molar-refractivity contribution in [3.63, 3.8) is 0 Å². The van der Waals surface area contributed by atoms with Gasteiger partial charge in [-0.15, -0.1) is 9.24 Å². The Bertz CT molecular complexity index is 911. The molecule has 1 atom stereocenters. The van der Waals surface area contributed by atoms with E-state index in [2.05, 4.69) is 130 Å². The smallest absolute Gasteiger partial charge is 0.0194 e. The standard InChI is InChI=1S/C27H33P/c1-25(2,3)27(28,26(4,5)6)22-17-18-23(20-13-9-7-10-14-20)24(19-22)21-15-11-8-12-16-21/h7-19H,28H2,1-6H3. The molecule has 0 nitrogen and oxygen atoms in total. The molecule has 3 aromatic rings. The highest BCUT2D eigenvalue weighted by atomic mass is 31.0. The maximum atomic E-state index is 3.23. The van der Waals surface area contributed by atoms with E-state index in [1.54, 1.807) is 0 Å². The Hall–Kier alpha value is -1.91. The molecule has 0 radical (unpaired) electrons. The second-order valence-electron chi connectivity index (χ2n) is 9.80. The molecule has 0 N–H and O–H groups in total. The van der Waals surface area contributed by atoms with Crippen molar-refractivity contribution < 1.29 is 0 Å². The molecule has 0 aliphatic rings. The monoisotopic (exact) mass is 388 g/mol. The number of benzene rings is 3. The van der Waals surface area contributed by atoms with Gasteiger partial charge in [-0.2, -0.15) is 0 Å². The van der Waals surface area contributed by atoms with Crippen LogP contribution in [0.1, 0.15) is 47.1 Å². The molecular weight excluding hydrogens is 355 g/mol. The normalized spacial score (nSPS) is 12.8. The molecule has 0 fully saturated rings. The van der Waals surface area contributed by atoms with Crippen molar-refractivity contribution in [2.24, 2.45) is 10.8 Å². The van der Waals surface area contributed by atoms with E-state index in [9.17, 15) is 0 Å². The molecule has 0 spiro atoms. The fourth-order valence-corrected chi connectivity index (χ4v) is 4.69. The van der Waals surface area contributed by atoms with Gasteiger partial charge in [0.25, 0.3) is 0 Å². The summed E-state index contributed by atoms with van der Waals surface area (Å²) < 4.78 is 0. The Kier molecular flexibility index (Phi) is 5.57. The van der Waals surface area contributed by atoms with Gasteiger partial charge in [0.1, 0.15) is 0 Å². The van der Waals surface area contributed by atoms with Crippen molar-refractivity contribution in [1.29, 1.82) is 0 Å². The second kappa shape index (κ2) is 7.49. The van der Waals surface area contributed by atoms with Gasteiger partial charge in [-0.05, 0) is 44.7 Å². The average molecular weight is 389 g/mol. The van der Waals surface area contributed by atoms with Crippen LogP contribution in [0.3, 0.4) is 0 Å². The lowest BCUT2D eigenvalue weighted by atomic mass is 9.62. The van der Waals surface area contributed by atoms with Crippen LogP contribution in [0.2, 0.25) is 0 Å². The molecule has 146 valence electrons. The first kappa shape index (κ1) is 20.8. The van der Waals surface area contributed by atoms with E-state index in [-0.39, 0.29) is 16.0 Å². The predicted molar refractivity (Wildman–Crippen MR) is 128 cm³/mol. The summed E-state index contributed by atoms with van der Waals surface area (Å²) in [5.41, 5.74) is 6.66. The highest BCUT2D eigenvalue weighted by molar-refractivity contribution is 7.18. The first-order valence-corrected chi connectivity index (χ1v) is 10.7. The second-order valence-corrected chi connectivity index (χ2v) is 10.7. The SMILES string of the molecule is CC(C)(C)C(P)(c1ccc(-c2ccccc2)c(-c2ccccc2)c1)C(C)(C)C. The van der Waals surface area contributed by atoms with Gasteiger partial charge in [0.2, 0.25) is 0 Å². The minimum Gasteiger partial charge on any atom is -0.125 e. The predicted octanol–water partition coefficient (Wildman–Crippen LogP) is 8.18. The van der Waals surface area contributed by atoms with Crippen molar-refractivity contribution >= 4 is 9.24 Å². The lowest BCUT2D eigenvalue weighted by Gasteiger charge is -2.52. The van der Waals surface area contributed by atoms with Gasteiger partial charge < -0.3 is 0 Å². The molecule has 1 heteroatoms. The number of hydrogen-bond donors (Lipinski definition) is 0. The van der Waals surface area contributed by atoms with Gasteiger partial charge in [0.05, 0.1) is 0 Å². The van der Waals surface area contributed by atoms with Gasteiger partial charge in [0.15, 0.2) is 0 Å². The summed E-state index contributed by atoms with van der Waals surface area (Å²) in [6, 6.07) is 28.5. The van der Waals surface area contributed by atoms with Crippen LogP contribution in [0, 0.1) is 10.8 Å². The Morgan fingerprint density at radius 2 is 0.964 bits per heavy atom. The lowest BCUT2D eigenvalue weighted by molar-refractivity contribution is 0.140. The quantitative estimate of drug-likeness (QED) is 0.397. The summed E-state index contributed by atoms with van der Waals surface area (Å²) in [5, 5.41) is -0.0568.